The van der Waals surface area contributed by atoms with Crippen LogP contribution in [-0.2, 0) is 22.5 Å². The number of likely N-dealkylation sites (tertiary alicyclic amines) is 2. The Balaban J connectivity index is 1.06. The summed E-state index contributed by atoms with van der Waals surface area (Å²) in [7, 11) is 1.86. The first-order valence-electron chi connectivity index (χ1n) is 12.9. The summed E-state index contributed by atoms with van der Waals surface area (Å²) in [6.45, 7) is 4.22. The molecule has 1 aromatic heterocycles. The number of fused-ring (bicyclic) bond motifs is 3. The monoisotopic (exact) mass is 461 g/mol. The van der Waals surface area contributed by atoms with E-state index in [9.17, 15) is 4.79 Å². The minimum Gasteiger partial charge on any atom is -0.380 e. The van der Waals surface area contributed by atoms with Crippen LogP contribution >= 0.6 is 0 Å². The standard InChI is InChI=1S/C27H35N5O2/c1-34-26-5-3-2-4-25(26)31-15-24-11-23(31)16-32(24)27(33)17-30-9-8-20-10-19(6-7-21(20)14-30)22-12-28-18-29-13-22/h6-7,10,12-13,18,23-26H,2-5,8-9,11,14-17H2,1H3/t23-,24-,25?,26?/m1/s1. The van der Waals surface area contributed by atoms with Gasteiger partial charge in [-0.2, -0.15) is 0 Å². The number of benzene rings is 1. The number of rotatable bonds is 5. The molecule has 0 spiro atoms. The second kappa shape index (κ2) is 9.36. The van der Waals surface area contributed by atoms with E-state index in [1.807, 2.05) is 19.5 Å². The highest BCUT2D eigenvalue weighted by Crippen LogP contribution is 2.37. The number of carbonyl (C=O) groups is 1. The van der Waals surface area contributed by atoms with Crippen molar-refractivity contribution in [2.75, 3.05) is 33.3 Å². The van der Waals surface area contributed by atoms with Crippen LogP contribution in [0.3, 0.4) is 0 Å². The molecule has 0 radical (unpaired) electrons. The molecule has 4 heterocycles. The quantitative estimate of drug-likeness (QED) is 0.682. The molecule has 2 unspecified atom stereocenters. The van der Waals surface area contributed by atoms with Gasteiger partial charge in [0.15, 0.2) is 0 Å². The van der Waals surface area contributed by atoms with Gasteiger partial charge in [-0.1, -0.05) is 31.0 Å². The zero-order valence-electron chi connectivity index (χ0n) is 20.1. The highest BCUT2D eigenvalue weighted by atomic mass is 16.5. The Morgan fingerprint density at radius 1 is 1.06 bits per heavy atom. The summed E-state index contributed by atoms with van der Waals surface area (Å²) < 4.78 is 5.82. The van der Waals surface area contributed by atoms with Crippen LogP contribution in [0.15, 0.2) is 36.9 Å². The van der Waals surface area contributed by atoms with Crippen molar-refractivity contribution in [2.24, 2.45) is 0 Å². The van der Waals surface area contributed by atoms with E-state index in [0.29, 0.717) is 36.7 Å². The Morgan fingerprint density at radius 3 is 2.71 bits per heavy atom. The summed E-state index contributed by atoms with van der Waals surface area (Å²) in [6, 6.07) is 8.05. The first-order valence-corrected chi connectivity index (χ1v) is 12.9. The van der Waals surface area contributed by atoms with Gasteiger partial charge in [0.25, 0.3) is 0 Å². The van der Waals surface area contributed by atoms with Crippen LogP contribution in [0, 0.1) is 0 Å². The van der Waals surface area contributed by atoms with Gasteiger partial charge in [-0.3, -0.25) is 14.6 Å². The molecule has 3 aliphatic heterocycles. The second-order valence-electron chi connectivity index (χ2n) is 10.5. The highest BCUT2D eigenvalue weighted by molar-refractivity contribution is 5.79. The molecule has 0 N–H and O–H groups in total. The lowest BCUT2D eigenvalue weighted by atomic mass is 9.90. The van der Waals surface area contributed by atoms with E-state index in [-0.39, 0.29) is 0 Å². The van der Waals surface area contributed by atoms with Gasteiger partial charge in [-0.05, 0) is 42.4 Å². The molecular weight excluding hydrogens is 426 g/mol. The molecule has 7 nitrogen and oxygen atoms in total. The maximum Gasteiger partial charge on any atom is 0.237 e. The minimum absolute atomic E-state index is 0.306. The van der Waals surface area contributed by atoms with Crippen LogP contribution in [0.4, 0.5) is 0 Å². The maximum absolute atomic E-state index is 13.3. The van der Waals surface area contributed by atoms with Crippen molar-refractivity contribution < 1.29 is 9.53 Å². The molecule has 2 saturated heterocycles. The van der Waals surface area contributed by atoms with Crippen LogP contribution in [-0.4, -0.2) is 88.1 Å². The van der Waals surface area contributed by atoms with Crippen LogP contribution in [0.1, 0.15) is 43.2 Å². The largest absolute Gasteiger partial charge is 0.380 e. The number of aromatic nitrogens is 2. The Kier molecular flexibility index (Phi) is 6.09. The topological polar surface area (TPSA) is 61.8 Å². The predicted molar refractivity (Wildman–Crippen MR) is 130 cm³/mol. The van der Waals surface area contributed by atoms with Crippen LogP contribution in [0.2, 0.25) is 0 Å². The van der Waals surface area contributed by atoms with Crippen LogP contribution in [0.25, 0.3) is 11.1 Å². The number of nitrogens with zero attached hydrogens (tertiary/aromatic N) is 5. The molecule has 1 aromatic carbocycles. The first-order chi connectivity index (χ1) is 16.7. The van der Waals surface area contributed by atoms with Crippen molar-refractivity contribution in [1.82, 2.24) is 24.7 Å². The van der Waals surface area contributed by atoms with Gasteiger partial charge in [0.1, 0.15) is 6.33 Å². The number of methoxy groups -OCH3 is 1. The third-order valence-electron chi connectivity index (χ3n) is 8.55. The number of hydrogen-bond acceptors (Lipinski definition) is 6. The zero-order valence-corrected chi connectivity index (χ0v) is 20.1. The third-order valence-corrected chi connectivity index (χ3v) is 8.55. The lowest BCUT2D eigenvalue weighted by Crippen LogP contribution is -2.57. The summed E-state index contributed by atoms with van der Waals surface area (Å²) in [5, 5.41) is 0. The fraction of sp³-hybridized carbons (Fsp3) is 0.593. The number of amides is 1. The van der Waals surface area contributed by atoms with E-state index in [0.717, 1.165) is 50.1 Å². The molecule has 180 valence electrons. The van der Waals surface area contributed by atoms with Gasteiger partial charge in [0.05, 0.1) is 12.6 Å². The van der Waals surface area contributed by atoms with Crippen molar-refractivity contribution in [1.29, 1.82) is 0 Å². The Morgan fingerprint density at radius 2 is 1.91 bits per heavy atom. The molecule has 3 fully saturated rings. The molecule has 34 heavy (non-hydrogen) atoms. The van der Waals surface area contributed by atoms with Gasteiger partial charge >= 0.3 is 0 Å². The lowest BCUT2D eigenvalue weighted by molar-refractivity contribution is -0.136. The van der Waals surface area contributed by atoms with E-state index in [4.69, 9.17) is 4.74 Å². The smallest absolute Gasteiger partial charge is 0.237 e. The number of ether oxygens (including phenoxy) is 1. The van der Waals surface area contributed by atoms with E-state index >= 15 is 0 Å². The van der Waals surface area contributed by atoms with E-state index < -0.39 is 0 Å². The summed E-state index contributed by atoms with van der Waals surface area (Å²) in [4.78, 5) is 28.7. The number of hydrogen-bond donors (Lipinski definition) is 0. The Hall–Kier alpha value is -2.35. The van der Waals surface area contributed by atoms with Crippen molar-refractivity contribution in [3.8, 4) is 11.1 Å². The van der Waals surface area contributed by atoms with Gasteiger partial charge in [-0.25, -0.2) is 9.97 Å². The lowest BCUT2D eigenvalue weighted by Gasteiger charge is -2.43. The first kappa shape index (κ1) is 22.1. The predicted octanol–water partition coefficient (Wildman–Crippen LogP) is 2.74. The number of carbonyl (C=O) groups excluding carboxylic acids is 1. The van der Waals surface area contributed by atoms with E-state index in [1.54, 1.807) is 6.33 Å². The molecule has 4 aliphatic rings. The van der Waals surface area contributed by atoms with Crippen LogP contribution in [0.5, 0.6) is 0 Å². The Bertz CT molecular complexity index is 1030. The van der Waals surface area contributed by atoms with Gasteiger partial charge in [0, 0.05) is 69.4 Å². The van der Waals surface area contributed by atoms with E-state index in [2.05, 4.69) is 42.9 Å². The van der Waals surface area contributed by atoms with Crippen molar-refractivity contribution >= 4 is 5.91 Å². The SMILES string of the molecule is COC1CCCCC1N1C[C@H]2C[C@@H]1CN2C(=O)CN1CCc2cc(-c3cncnc3)ccc2C1. The summed E-state index contributed by atoms with van der Waals surface area (Å²) in [6.07, 6.45) is 12.7. The van der Waals surface area contributed by atoms with Crippen LogP contribution < -0.4 is 0 Å². The average Bonchev–Trinajstić information content (AvgIpc) is 3.50. The van der Waals surface area contributed by atoms with E-state index in [1.165, 1.54) is 36.8 Å². The molecule has 1 aliphatic carbocycles. The van der Waals surface area contributed by atoms with Crippen molar-refractivity contribution in [3.63, 3.8) is 0 Å². The molecular formula is C27H35N5O2. The third kappa shape index (κ3) is 4.14. The second-order valence-corrected chi connectivity index (χ2v) is 10.5. The molecule has 2 aromatic rings. The van der Waals surface area contributed by atoms with Gasteiger partial charge in [-0.15, -0.1) is 0 Å². The minimum atomic E-state index is 0.306. The summed E-state index contributed by atoms with van der Waals surface area (Å²) >= 11 is 0. The Labute approximate surface area is 202 Å². The highest BCUT2D eigenvalue weighted by Gasteiger charge is 2.49. The molecule has 7 heteroatoms. The fourth-order valence-corrected chi connectivity index (χ4v) is 6.80. The number of piperazine rings is 1. The zero-order chi connectivity index (χ0) is 23.1. The molecule has 1 saturated carbocycles. The van der Waals surface area contributed by atoms with Crippen molar-refractivity contribution in [2.45, 2.75) is 69.3 Å². The normalized spacial score (nSPS) is 29.4. The maximum atomic E-state index is 13.3. The average molecular weight is 462 g/mol. The molecule has 4 atom stereocenters. The molecule has 1 amide bonds. The summed E-state index contributed by atoms with van der Waals surface area (Å²) in [5.41, 5.74) is 4.92. The van der Waals surface area contributed by atoms with Gasteiger partial charge in [0.2, 0.25) is 5.91 Å². The van der Waals surface area contributed by atoms with Gasteiger partial charge < -0.3 is 9.64 Å². The molecule has 2 bridgehead atoms. The van der Waals surface area contributed by atoms with Crippen molar-refractivity contribution in [3.05, 3.63) is 48.0 Å². The molecule has 6 rings (SSSR count). The summed E-state index contributed by atoms with van der Waals surface area (Å²) in [5.74, 6) is 0.306. The fourth-order valence-electron chi connectivity index (χ4n) is 6.80.